The lowest BCUT2D eigenvalue weighted by molar-refractivity contribution is -0.126. The molecular weight excluding hydrogens is 332 g/mol. The molecule has 1 amide bonds. The van der Waals surface area contributed by atoms with Gasteiger partial charge < -0.3 is 10.2 Å². The van der Waals surface area contributed by atoms with Gasteiger partial charge in [0.05, 0.1) is 6.21 Å². The molecule has 25 heavy (non-hydrogen) atoms. The third kappa shape index (κ3) is 7.44. The molecule has 0 radical (unpaired) electrons. The highest BCUT2D eigenvalue weighted by Crippen LogP contribution is 2.13. The summed E-state index contributed by atoms with van der Waals surface area (Å²) in [6.07, 6.45) is 5.47. The van der Waals surface area contributed by atoms with Crippen molar-refractivity contribution in [2.75, 3.05) is 12.9 Å². The average molecular weight is 356 g/mol. The quantitative estimate of drug-likeness (QED) is 0.421. The summed E-state index contributed by atoms with van der Waals surface area (Å²) in [7, 11) is 0. The van der Waals surface area contributed by atoms with Crippen LogP contribution in [0.2, 0.25) is 0 Å². The van der Waals surface area contributed by atoms with Crippen LogP contribution < -0.4 is 5.32 Å². The van der Waals surface area contributed by atoms with Gasteiger partial charge in [-0.25, -0.2) is 0 Å². The molecule has 0 aliphatic heterocycles. The number of carbonyl (C=O) groups is 1. The molecule has 2 aromatic carbocycles. The molecule has 0 spiro atoms. The number of benzene rings is 2. The zero-order valence-electron chi connectivity index (χ0n) is 14.6. The molecule has 0 saturated heterocycles. The smallest absolute Gasteiger partial charge is 0.260 e. The van der Waals surface area contributed by atoms with Crippen molar-refractivity contribution in [3.05, 3.63) is 65.7 Å². The number of nitrogens with one attached hydrogen (secondary N) is 1. The first-order valence-corrected chi connectivity index (χ1v) is 9.52. The molecule has 2 rings (SSSR count). The number of amides is 1. The minimum atomic E-state index is -0.157. The van der Waals surface area contributed by atoms with Gasteiger partial charge in [-0.2, -0.15) is 0 Å². The van der Waals surface area contributed by atoms with Crippen molar-refractivity contribution >= 4 is 23.9 Å². The molecule has 1 atom stereocenters. The van der Waals surface area contributed by atoms with Crippen LogP contribution in [0.3, 0.4) is 0 Å². The summed E-state index contributed by atoms with van der Waals surface area (Å²) in [6.45, 7) is 1.92. The van der Waals surface area contributed by atoms with E-state index in [0.29, 0.717) is 0 Å². The van der Waals surface area contributed by atoms with Gasteiger partial charge in [-0.05, 0) is 49.3 Å². The SMILES string of the molecule is CSc1ccc(C=NOCC(=O)NC(C)CCc2ccccc2)cc1. The maximum atomic E-state index is 11.8. The molecule has 0 aliphatic rings. The molecule has 1 N–H and O–H groups in total. The van der Waals surface area contributed by atoms with Crippen molar-refractivity contribution in [2.24, 2.45) is 5.16 Å². The van der Waals surface area contributed by atoms with Crippen molar-refractivity contribution < 1.29 is 9.63 Å². The zero-order chi connectivity index (χ0) is 17.9. The first-order valence-electron chi connectivity index (χ1n) is 8.30. The van der Waals surface area contributed by atoms with E-state index in [4.69, 9.17) is 4.84 Å². The zero-order valence-corrected chi connectivity index (χ0v) is 15.5. The van der Waals surface area contributed by atoms with E-state index in [1.807, 2.05) is 55.6 Å². The van der Waals surface area contributed by atoms with Gasteiger partial charge in [0.1, 0.15) is 0 Å². The Labute approximate surface area is 153 Å². The van der Waals surface area contributed by atoms with E-state index in [0.717, 1.165) is 18.4 Å². The van der Waals surface area contributed by atoms with Gasteiger partial charge in [-0.3, -0.25) is 4.79 Å². The average Bonchev–Trinajstić information content (AvgIpc) is 2.65. The maximum absolute atomic E-state index is 11.8. The molecular formula is C20H24N2O2S. The number of hydrogen-bond acceptors (Lipinski definition) is 4. The highest BCUT2D eigenvalue weighted by molar-refractivity contribution is 7.98. The van der Waals surface area contributed by atoms with Gasteiger partial charge in [-0.1, -0.05) is 47.6 Å². The number of oxime groups is 1. The summed E-state index contributed by atoms with van der Waals surface area (Å²) in [6, 6.07) is 18.3. The van der Waals surface area contributed by atoms with Gasteiger partial charge in [-0.15, -0.1) is 11.8 Å². The lowest BCUT2D eigenvalue weighted by atomic mass is 10.1. The number of hydrogen-bond donors (Lipinski definition) is 1. The van der Waals surface area contributed by atoms with Crippen LogP contribution in [-0.4, -0.2) is 31.0 Å². The minimum Gasteiger partial charge on any atom is -0.386 e. The normalized spacial score (nSPS) is 12.1. The van der Waals surface area contributed by atoms with Gasteiger partial charge in [0.15, 0.2) is 6.61 Å². The Morgan fingerprint density at radius 1 is 1.20 bits per heavy atom. The van der Waals surface area contributed by atoms with Crippen molar-refractivity contribution in [3.8, 4) is 0 Å². The van der Waals surface area contributed by atoms with Gasteiger partial charge in [0, 0.05) is 10.9 Å². The number of rotatable bonds is 9. The maximum Gasteiger partial charge on any atom is 0.260 e. The Morgan fingerprint density at radius 2 is 1.92 bits per heavy atom. The van der Waals surface area contributed by atoms with Crippen LogP contribution in [0.1, 0.15) is 24.5 Å². The Balaban J connectivity index is 1.64. The fraction of sp³-hybridized carbons (Fsp3) is 0.300. The molecule has 132 valence electrons. The fourth-order valence-electron chi connectivity index (χ4n) is 2.30. The van der Waals surface area contributed by atoms with Crippen LogP contribution in [0, 0.1) is 0 Å². The Hall–Kier alpha value is -2.27. The van der Waals surface area contributed by atoms with E-state index in [9.17, 15) is 4.79 Å². The highest BCUT2D eigenvalue weighted by atomic mass is 32.2. The van der Waals surface area contributed by atoms with Gasteiger partial charge in [0.2, 0.25) is 0 Å². The molecule has 4 nitrogen and oxygen atoms in total. The van der Waals surface area contributed by atoms with Crippen LogP contribution in [-0.2, 0) is 16.1 Å². The van der Waals surface area contributed by atoms with Crippen molar-refractivity contribution in [3.63, 3.8) is 0 Å². The second-order valence-electron chi connectivity index (χ2n) is 5.77. The molecule has 0 bridgehead atoms. The number of thioether (sulfide) groups is 1. The molecule has 1 unspecified atom stereocenters. The number of carbonyl (C=O) groups excluding carboxylic acids is 1. The van der Waals surface area contributed by atoms with E-state index in [2.05, 4.69) is 22.6 Å². The van der Waals surface area contributed by atoms with Crippen molar-refractivity contribution in [1.82, 2.24) is 5.32 Å². The highest BCUT2D eigenvalue weighted by Gasteiger charge is 2.07. The van der Waals surface area contributed by atoms with Crippen LogP contribution in [0.5, 0.6) is 0 Å². The minimum absolute atomic E-state index is 0.0743. The Kier molecular flexibility index (Phi) is 8.05. The summed E-state index contributed by atoms with van der Waals surface area (Å²) < 4.78 is 0. The second kappa shape index (κ2) is 10.6. The first kappa shape index (κ1) is 19.1. The van der Waals surface area contributed by atoms with Crippen LogP contribution in [0.4, 0.5) is 0 Å². The molecule has 0 saturated carbocycles. The van der Waals surface area contributed by atoms with E-state index >= 15 is 0 Å². The number of nitrogens with zero attached hydrogens (tertiary/aromatic N) is 1. The summed E-state index contributed by atoms with van der Waals surface area (Å²) >= 11 is 1.69. The monoisotopic (exact) mass is 356 g/mol. The van der Waals surface area contributed by atoms with E-state index < -0.39 is 0 Å². The lowest BCUT2D eigenvalue weighted by Gasteiger charge is -2.13. The topological polar surface area (TPSA) is 50.7 Å². The Morgan fingerprint density at radius 3 is 2.60 bits per heavy atom. The molecule has 5 heteroatoms. The van der Waals surface area contributed by atoms with E-state index in [-0.39, 0.29) is 18.6 Å². The summed E-state index contributed by atoms with van der Waals surface area (Å²) in [5.41, 5.74) is 2.21. The van der Waals surface area contributed by atoms with E-state index in [1.165, 1.54) is 10.5 Å². The third-order valence-corrected chi connectivity index (χ3v) is 4.45. The van der Waals surface area contributed by atoms with E-state index in [1.54, 1.807) is 18.0 Å². The van der Waals surface area contributed by atoms with Crippen LogP contribution in [0.25, 0.3) is 0 Å². The van der Waals surface area contributed by atoms with Crippen LogP contribution >= 0.6 is 11.8 Å². The largest absolute Gasteiger partial charge is 0.386 e. The molecule has 0 heterocycles. The standard InChI is InChI=1S/C20H24N2O2S/c1-16(8-9-17-6-4-3-5-7-17)22-20(23)15-24-21-14-18-10-12-19(25-2)13-11-18/h3-7,10-14,16H,8-9,15H2,1-2H3,(H,22,23). The van der Waals surface area contributed by atoms with Crippen molar-refractivity contribution in [2.45, 2.75) is 30.7 Å². The number of aryl methyl sites for hydroxylation is 1. The Bertz CT molecular complexity index is 672. The predicted octanol–water partition coefficient (Wildman–Crippen LogP) is 3.90. The third-order valence-electron chi connectivity index (χ3n) is 3.70. The second-order valence-corrected chi connectivity index (χ2v) is 6.65. The molecule has 2 aromatic rings. The van der Waals surface area contributed by atoms with Crippen LogP contribution in [0.15, 0.2) is 64.6 Å². The summed E-state index contributed by atoms with van der Waals surface area (Å²) in [4.78, 5) is 18.1. The predicted molar refractivity (Wildman–Crippen MR) is 104 cm³/mol. The fourth-order valence-corrected chi connectivity index (χ4v) is 2.71. The molecule has 0 aromatic heterocycles. The van der Waals surface area contributed by atoms with Gasteiger partial charge in [0.25, 0.3) is 5.91 Å². The molecule has 0 aliphatic carbocycles. The summed E-state index contributed by atoms with van der Waals surface area (Å²) in [5.74, 6) is -0.157. The molecule has 0 fully saturated rings. The van der Waals surface area contributed by atoms with Gasteiger partial charge >= 0.3 is 0 Å². The first-order chi connectivity index (χ1) is 12.2. The van der Waals surface area contributed by atoms with Crippen molar-refractivity contribution in [1.29, 1.82) is 0 Å². The lowest BCUT2D eigenvalue weighted by Crippen LogP contribution is -2.35. The summed E-state index contributed by atoms with van der Waals surface area (Å²) in [5, 5.41) is 6.77.